The maximum atomic E-state index is 12.7. The smallest absolute Gasteiger partial charge is 0.253 e. The Morgan fingerprint density at radius 1 is 1.00 bits per heavy atom. The summed E-state index contributed by atoms with van der Waals surface area (Å²) in [5.41, 5.74) is 2.69. The van der Waals surface area contributed by atoms with Crippen molar-refractivity contribution in [2.45, 2.75) is 31.1 Å². The van der Waals surface area contributed by atoms with Crippen LogP contribution in [0.3, 0.4) is 0 Å². The SMILES string of the molecule is COc1cccc(C(Cl)c2ccc(C(=O)N3CCCCCC3)cc2)c1. The largest absolute Gasteiger partial charge is 0.497 e. The van der Waals surface area contributed by atoms with Crippen molar-refractivity contribution in [3.8, 4) is 5.75 Å². The zero-order valence-corrected chi connectivity index (χ0v) is 15.3. The van der Waals surface area contributed by atoms with Crippen LogP contribution in [0.2, 0.25) is 0 Å². The first kappa shape index (κ1) is 17.8. The van der Waals surface area contributed by atoms with E-state index in [4.69, 9.17) is 16.3 Å². The van der Waals surface area contributed by atoms with E-state index in [0.717, 1.165) is 48.4 Å². The standard InChI is InChI=1S/C21H24ClNO2/c1-25-19-8-6-7-18(15-19)20(22)16-9-11-17(12-10-16)21(24)23-13-4-2-3-5-14-23/h6-12,15,20H,2-5,13-14H2,1H3. The number of ether oxygens (including phenoxy) is 1. The fourth-order valence-corrected chi connectivity index (χ4v) is 3.52. The van der Waals surface area contributed by atoms with Gasteiger partial charge >= 0.3 is 0 Å². The van der Waals surface area contributed by atoms with Crippen molar-refractivity contribution in [3.05, 3.63) is 65.2 Å². The highest BCUT2D eigenvalue weighted by molar-refractivity contribution is 6.22. The first-order valence-electron chi connectivity index (χ1n) is 8.86. The normalized spacial score (nSPS) is 16.2. The van der Waals surface area contributed by atoms with Crippen LogP contribution in [-0.4, -0.2) is 31.0 Å². The fourth-order valence-electron chi connectivity index (χ4n) is 3.24. The Morgan fingerprint density at radius 2 is 1.68 bits per heavy atom. The third-order valence-corrected chi connectivity index (χ3v) is 5.23. The van der Waals surface area contributed by atoms with Gasteiger partial charge in [-0.1, -0.05) is 37.1 Å². The van der Waals surface area contributed by atoms with Gasteiger partial charge in [0, 0.05) is 18.7 Å². The van der Waals surface area contributed by atoms with E-state index in [1.54, 1.807) is 7.11 Å². The maximum Gasteiger partial charge on any atom is 0.253 e. The molecule has 0 N–H and O–H groups in total. The molecule has 1 saturated heterocycles. The van der Waals surface area contributed by atoms with Gasteiger partial charge in [-0.05, 0) is 48.2 Å². The highest BCUT2D eigenvalue weighted by atomic mass is 35.5. The molecule has 3 nitrogen and oxygen atoms in total. The Balaban J connectivity index is 1.73. The van der Waals surface area contributed by atoms with E-state index < -0.39 is 0 Å². The average molecular weight is 358 g/mol. The van der Waals surface area contributed by atoms with E-state index in [0.29, 0.717) is 0 Å². The lowest BCUT2D eigenvalue weighted by Gasteiger charge is -2.20. The molecule has 1 aliphatic rings. The first-order valence-corrected chi connectivity index (χ1v) is 9.30. The monoisotopic (exact) mass is 357 g/mol. The molecular weight excluding hydrogens is 334 g/mol. The molecule has 0 aliphatic carbocycles. The van der Waals surface area contributed by atoms with Crippen LogP contribution in [-0.2, 0) is 0 Å². The number of halogens is 1. The Kier molecular flexibility index (Phi) is 5.98. The highest BCUT2D eigenvalue weighted by Gasteiger charge is 2.18. The van der Waals surface area contributed by atoms with E-state index in [-0.39, 0.29) is 11.3 Å². The second-order valence-corrected chi connectivity index (χ2v) is 6.90. The second kappa shape index (κ2) is 8.39. The molecule has 0 saturated carbocycles. The van der Waals surface area contributed by atoms with Crippen LogP contribution >= 0.6 is 11.6 Å². The number of hydrogen-bond donors (Lipinski definition) is 0. The molecule has 132 valence electrons. The predicted octanol–water partition coefficient (Wildman–Crippen LogP) is 5.04. The van der Waals surface area contributed by atoms with Gasteiger partial charge < -0.3 is 9.64 Å². The van der Waals surface area contributed by atoms with E-state index in [2.05, 4.69) is 0 Å². The third-order valence-electron chi connectivity index (χ3n) is 4.73. The van der Waals surface area contributed by atoms with Crippen molar-refractivity contribution in [3.63, 3.8) is 0 Å². The Morgan fingerprint density at radius 3 is 2.32 bits per heavy atom. The summed E-state index contributed by atoms with van der Waals surface area (Å²) in [5, 5.41) is -0.266. The van der Waals surface area contributed by atoms with Crippen LogP contribution in [0.15, 0.2) is 48.5 Å². The Labute approximate surface area is 154 Å². The third kappa shape index (κ3) is 4.35. The summed E-state index contributed by atoms with van der Waals surface area (Å²) in [6, 6.07) is 15.4. The Bertz CT molecular complexity index is 706. The van der Waals surface area contributed by atoms with Crippen LogP contribution in [0.4, 0.5) is 0 Å². The topological polar surface area (TPSA) is 29.5 Å². The molecule has 2 aromatic carbocycles. The van der Waals surface area contributed by atoms with Crippen LogP contribution < -0.4 is 4.74 Å². The molecule has 1 atom stereocenters. The zero-order chi connectivity index (χ0) is 17.6. The van der Waals surface area contributed by atoms with Gasteiger partial charge in [-0.3, -0.25) is 4.79 Å². The molecule has 1 heterocycles. The minimum Gasteiger partial charge on any atom is -0.497 e. The fraction of sp³-hybridized carbons (Fsp3) is 0.381. The van der Waals surface area contributed by atoms with E-state index >= 15 is 0 Å². The molecular formula is C21H24ClNO2. The van der Waals surface area contributed by atoms with Gasteiger partial charge in [0.05, 0.1) is 12.5 Å². The highest BCUT2D eigenvalue weighted by Crippen LogP contribution is 2.31. The van der Waals surface area contributed by atoms with Gasteiger partial charge in [-0.15, -0.1) is 11.6 Å². The second-order valence-electron chi connectivity index (χ2n) is 6.47. The van der Waals surface area contributed by atoms with Gasteiger partial charge in [0.2, 0.25) is 0 Å². The van der Waals surface area contributed by atoms with Crippen molar-refractivity contribution in [2.24, 2.45) is 0 Å². The summed E-state index contributed by atoms with van der Waals surface area (Å²) in [7, 11) is 1.64. The number of benzene rings is 2. The van der Waals surface area contributed by atoms with Crippen LogP contribution in [0.25, 0.3) is 0 Å². The van der Waals surface area contributed by atoms with Gasteiger partial charge in [0.15, 0.2) is 0 Å². The maximum absolute atomic E-state index is 12.7. The number of rotatable bonds is 4. The number of likely N-dealkylation sites (tertiary alicyclic amines) is 1. The summed E-state index contributed by atoms with van der Waals surface area (Å²) in [4.78, 5) is 14.6. The molecule has 25 heavy (non-hydrogen) atoms. The Hall–Kier alpha value is -2.00. The van der Waals surface area contributed by atoms with Crippen molar-refractivity contribution < 1.29 is 9.53 Å². The van der Waals surface area contributed by atoms with Gasteiger partial charge in [-0.25, -0.2) is 0 Å². The first-order chi connectivity index (χ1) is 12.2. The van der Waals surface area contributed by atoms with Crippen molar-refractivity contribution >= 4 is 17.5 Å². The summed E-state index contributed by atoms with van der Waals surface area (Å²) in [6.45, 7) is 1.73. The van der Waals surface area contributed by atoms with E-state index in [1.807, 2.05) is 53.4 Å². The number of carbonyl (C=O) groups excluding carboxylic acids is 1. The average Bonchev–Trinajstić information content (AvgIpc) is 2.96. The lowest BCUT2D eigenvalue weighted by Crippen LogP contribution is -2.31. The quantitative estimate of drug-likeness (QED) is 0.717. The van der Waals surface area contributed by atoms with Crippen molar-refractivity contribution in [2.75, 3.05) is 20.2 Å². The minimum absolute atomic E-state index is 0.126. The molecule has 0 bridgehead atoms. The summed E-state index contributed by atoms with van der Waals surface area (Å²) in [6.07, 6.45) is 4.64. The molecule has 1 fully saturated rings. The number of carbonyl (C=O) groups is 1. The van der Waals surface area contributed by atoms with Crippen LogP contribution in [0.5, 0.6) is 5.75 Å². The molecule has 0 radical (unpaired) electrons. The lowest BCUT2D eigenvalue weighted by atomic mass is 10.0. The van der Waals surface area contributed by atoms with E-state index in [1.165, 1.54) is 12.8 Å². The molecule has 0 aromatic heterocycles. The van der Waals surface area contributed by atoms with E-state index in [9.17, 15) is 4.79 Å². The van der Waals surface area contributed by atoms with Crippen LogP contribution in [0, 0.1) is 0 Å². The number of nitrogens with zero attached hydrogens (tertiary/aromatic N) is 1. The van der Waals surface area contributed by atoms with Gasteiger partial charge in [0.25, 0.3) is 5.91 Å². The zero-order valence-electron chi connectivity index (χ0n) is 14.6. The summed E-state index contributed by atoms with van der Waals surface area (Å²) in [5.74, 6) is 0.914. The number of methoxy groups -OCH3 is 1. The van der Waals surface area contributed by atoms with Gasteiger partial charge in [0.1, 0.15) is 5.75 Å². The molecule has 2 aromatic rings. The number of hydrogen-bond acceptors (Lipinski definition) is 2. The van der Waals surface area contributed by atoms with Crippen LogP contribution in [0.1, 0.15) is 52.5 Å². The summed E-state index contributed by atoms with van der Waals surface area (Å²) >= 11 is 6.61. The van der Waals surface area contributed by atoms with Gasteiger partial charge in [-0.2, -0.15) is 0 Å². The molecule has 1 aliphatic heterocycles. The molecule has 3 rings (SSSR count). The van der Waals surface area contributed by atoms with Crippen molar-refractivity contribution in [1.82, 2.24) is 4.90 Å². The molecule has 0 spiro atoms. The molecule has 4 heteroatoms. The predicted molar refractivity (Wildman–Crippen MR) is 102 cm³/mol. The lowest BCUT2D eigenvalue weighted by molar-refractivity contribution is 0.0761. The molecule has 1 unspecified atom stereocenters. The molecule has 1 amide bonds. The summed E-state index contributed by atoms with van der Waals surface area (Å²) < 4.78 is 5.26. The minimum atomic E-state index is -0.266. The number of amides is 1. The van der Waals surface area contributed by atoms with Crippen molar-refractivity contribution in [1.29, 1.82) is 0 Å². The number of alkyl halides is 1.